The van der Waals surface area contributed by atoms with Crippen molar-refractivity contribution in [1.29, 1.82) is 0 Å². The van der Waals surface area contributed by atoms with Gasteiger partial charge in [0.05, 0.1) is 10.4 Å². The molecule has 0 bridgehead atoms. The van der Waals surface area contributed by atoms with Crippen molar-refractivity contribution in [2.75, 3.05) is 33.7 Å². The number of thiophene rings is 1. The van der Waals surface area contributed by atoms with Crippen LogP contribution in [0, 0.1) is 0 Å². The molecule has 0 unspecified atom stereocenters. The summed E-state index contributed by atoms with van der Waals surface area (Å²) >= 11 is 1.29. The molecule has 0 spiro atoms. The Kier molecular flexibility index (Phi) is 6.51. The molecule has 1 aromatic heterocycles. The van der Waals surface area contributed by atoms with Crippen LogP contribution in [0.15, 0.2) is 11.4 Å². The van der Waals surface area contributed by atoms with Crippen LogP contribution in [0.25, 0.3) is 0 Å². The number of ketones is 1. The van der Waals surface area contributed by atoms with Crippen molar-refractivity contribution in [2.45, 2.75) is 32.2 Å². The van der Waals surface area contributed by atoms with Crippen molar-refractivity contribution in [3.8, 4) is 0 Å². The van der Waals surface area contributed by atoms with E-state index in [1.165, 1.54) is 18.3 Å². The molecule has 7 heteroatoms. The average Bonchev–Trinajstić information content (AvgIpc) is 3.13. The third-order valence-corrected chi connectivity index (χ3v) is 5.24. The fourth-order valence-corrected chi connectivity index (χ4v) is 3.59. The Morgan fingerprint density at radius 2 is 2.17 bits per heavy atom. The van der Waals surface area contributed by atoms with Gasteiger partial charge in [-0.3, -0.25) is 14.4 Å². The molecule has 0 saturated carbocycles. The molecule has 0 aromatic carbocycles. The number of likely N-dealkylation sites (N-methyl/N-ethyl adjacent to an activating group) is 1. The Morgan fingerprint density at radius 1 is 1.42 bits per heavy atom. The van der Waals surface area contributed by atoms with Gasteiger partial charge in [-0.1, -0.05) is 0 Å². The Balaban J connectivity index is 1.80. The molecule has 2 amide bonds. The van der Waals surface area contributed by atoms with Crippen molar-refractivity contribution in [2.24, 2.45) is 0 Å². The Hall–Kier alpha value is -1.73. The van der Waals surface area contributed by atoms with Gasteiger partial charge in [0.1, 0.15) is 0 Å². The van der Waals surface area contributed by atoms with E-state index >= 15 is 0 Å². The second kappa shape index (κ2) is 8.39. The average molecular weight is 351 g/mol. The number of carbonyl (C=O) groups excluding carboxylic acids is 3. The number of nitrogens with zero attached hydrogens (tertiary/aromatic N) is 2. The normalized spacial score (nSPS) is 17.6. The third-order valence-electron chi connectivity index (χ3n) is 4.21. The van der Waals surface area contributed by atoms with E-state index in [0.717, 1.165) is 25.9 Å². The summed E-state index contributed by atoms with van der Waals surface area (Å²) in [6.07, 6.45) is 2.21. The van der Waals surface area contributed by atoms with Crippen molar-refractivity contribution in [3.05, 3.63) is 21.9 Å². The third kappa shape index (κ3) is 4.88. The van der Waals surface area contributed by atoms with Crippen LogP contribution in [-0.2, 0) is 4.79 Å². The molecule has 2 heterocycles. The lowest BCUT2D eigenvalue weighted by atomic mass is 10.1. The van der Waals surface area contributed by atoms with Crippen LogP contribution in [0.2, 0.25) is 0 Å². The van der Waals surface area contributed by atoms with E-state index in [1.807, 2.05) is 19.0 Å². The molecule has 1 atom stereocenters. The molecule has 1 aliphatic heterocycles. The number of carbonyl (C=O) groups is 3. The highest BCUT2D eigenvalue weighted by Gasteiger charge is 2.30. The maximum atomic E-state index is 12.1. The van der Waals surface area contributed by atoms with Crippen molar-refractivity contribution >= 4 is 28.9 Å². The SMILES string of the molecule is CC(=O)c1cc(C(=O)NCC[C@H]2CCC(=O)N2CCN(C)C)cs1. The highest BCUT2D eigenvalue weighted by Crippen LogP contribution is 2.21. The molecule has 1 aliphatic rings. The van der Waals surface area contributed by atoms with Gasteiger partial charge in [0.2, 0.25) is 5.91 Å². The van der Waals surface area contributed by atoms with E-state index < -0.39 is 0 Å². The van der Waals surface area contributed by atoms with Gasteiger partial charge in [-0.25, -0.2) is 0 Å². The van der Waals surface area contributed by atoms with E-state index in [2.05, 4.69) is 10.2 Å². The summed E-state index contributed by atoms with van der Waals surface area (Å²) in [5.74, 6) is 0.0140. The first-order chi connectivity index (χ1) is 11.4. The smallest absolute Gasteiger partial charge is 0.252 e. The number of Topliss-reactive ketones (excluding diaryl/α,β-unsaturated/α-hetero) is 1. The first-order valence-electron chi connectivity index (χ1n) is 8.20. The van der Waals surface area contributed by atoms with Crippen LogP contribution < -0.4 is 5.32 Å². The Bertz CT molecular complexity index is 612. The van der Waals surface area contributed by atoms with Gasteiger partial charge in [0.15, 0.2) is 5.78 Å². The minimum atomic E-state index is -0.164. The zero-order chi connectivity index (χ0) is 17.7. The summed E-state index contributed by atoms with van der Waals surface area (Å²) in [6.45, 7) is 3.60. The second-order valence-corrected chi connectivity index (χ2v) is 7.29. The number of hydrogen-bond donors (Lipinski definition) is 1. The summed E-state index contributed by atoms with van der Waals surface area (Å²) in [6, 6.07) is 1.83. The highest BCUT2D eigenvalue weighted by molar-refractivity contribution is 7.12. The quantitative estimate of drug-likeness (QED) is 0.723. The molecule has 1 N–H and O–H groups in total. The van der Waals surface area contributed by atoms with Crippen LogP contribution >= 0.6 is 11.3 Å². The van der Waals surface area contributed by atoms with E-state index in [4.69, 9.17) is 0 Å². The second-order valence-electron chi connectivity index (χ2n) is 6.38. The molecule has 1 aromatic rings. The standard InChI is InChI=1S/C17H25N3O3S/c1-12(21)15-10-13(11-24-15)17(23)18-7-6-14-4-5-16(22)20(14)9-8-19(2)3/h10-11,14H,4-9H2,1-3H3,(H,18,23)/t14-/m1/s1. The van der Waals surface area contributed by atoms with Crippen molar-refractivity contribution < 1.29 is 14.4 Å². The summed E-state index contributed by atoms with van der Waals surface area (Å²) in [7, 11) is 3.98. The van der Waals surface area contributed by atoms with Gasteiger partial charge in [0, 0.05) is 37.5 Å². The molecule has 2 rings (SSSR count). The molecule has 0 aliphatic carbocycles. The first kappa shape index (κ1) is 18.6. The predicted octanol–water partition coefficient (Wildman–Crippen LogP) is 1.62. The van der Waals surface area contributed by atoms with Crippen molar-refractivity contribution in [3.63, 3.8) is 0 Å². The van der Waals surface area contributed by atoms with Crippen LogP contribution in [0.3, 0.4) is 0 Å². The fraction of sp³-hybridized carbons (Fsp3) is 0.588. The fourth-order valence-electron chi connectivity index (χ4n) is 2.80. The minimum Gasteiger partial charge on any atom is -0.352 e. The number of hydrogen-bond acceptors (Lipinski definition) is 5. The zero-order valence-corrected chi connectivity index (χ0v) is 15.3. The monoisotopic (exact) mass is 351 g/mol. The molecule has 24 heavy (non-hydrogen) atoms. The van der Waals surface area contributed by atoms with Gasteiger partial charge in [-0.05, 0) is 39.9 Å². The molecule has 6 nitrogen and oxygen atoms in total. The number of nitrogens with one attached hydrogen (secondary N) is 1. The van der Waals surface area contributed by atoms with E-state index in [1.54, 1.807) is 11.4 Å². The lowest BCUT2D eigenvalue weighted by Gasteiger charge is -2.26. The van der Waals surface area contributed by atoms with Gasteiger partial charge in [0.25, 0.3) is 5.91 Å². The predicted molar refractivity (Wildman–Crippen MR) is 94.6 cm³/mol. The highest BCUT2D eigenvalue weighted by atomic mass is 32.1. The Morgan fingerprint density at radius 3 is 2.79 bits per heavy atom. The van der Waals surface area contributed by atoms with Crippen LogP contribution in [0.5, 0.6) is 0 Å². The maximum absolute atomic E-state index is 12.1. The van der Waals surface area contributed by atoms with Gasteiger partial charge >= 0.3 is 0 Å². The van der Waals surface area contributed by atoms with Crippen LogP contribution in [-0.4, -0.2) is 67.2 Å². The van der Waals surface area contributed by atoms with Gasteiger partial charge < -0.3 is 15.1 Å². The first-order valence-corrected chi connectivity index (χ1v) is 9.08. The largest absolute Gasteiger partial charge is 0.352 e. The summed E-state index contributed by atoms with van der Waals surface area (Å²) in [5, 5.41) is 4.59. The number of rotatable bonds is 8. The summed E-state index contributed by atoms with van der Waals surface area (Å²) < 4.78 is 0. The topological polar surface area (TPSA) is 69.7 Å². The number of likely N-dealkylation sites (tertiary alicyclic amines) is 1. The molecule has 132 valence electrons. The Labute approximate surface area is 146 Å². The molecular formula is C17H25N3O3S. The molecule has 1 fully saturated rings. The van der Waals surface area contributed by atoms with Crippen LogP contribution in [0.4, 0.5) is 0 Å². The van der Waals surface area contributed by atoms with E-state index in [9.17, 15) is 14.4 Å². The van der Waals surface area contributed by atoms with E-state index in [0.29, 0.717) is 23.4 Å². The zero-order valence-electron chi connectivity index (χ0n) is 14.5. The van der Waals surface area contributed by atoms with Gasteiger partial charge in [-0.15, -0.1) is 11.3 Å². The van der Waals surface area contributed by atoms with E-state index in [-0.39, 0.29) is 23.6 Å². The molecule has 0 radical (unpaired) electrons. The maximum Gasteiger partial charge on any atom is 0.252 e. The minimum absolute atomic E-state index is 0.0277. The molecular weight excluding hydrogens is 326 g/mol. The lowest BCUT2D eigenvalue weighted by Crippen LogP contribution is -2.40. The lowest BCUT2D eigenvalue weighted by molar-refractivity contribution is -0.129. The molecule has 1 saturated heterocycles. The number of amides is 2. The summed E-state index contributed by atoms with van der Waals surface area (Å²) in [4.78, 5) is 40.0. The summed E-state index contributed by atoms with van der Waals surface area (Å²) in [5.41, 5.74) is 0.525. The van der Waals surface area contributed by atoms with Crippen molar-refractivity contribution in [1.82, 2.24) is 15.1 Å². The van der Waals surface area contributed by atoms with Crippen LogP contribution in [0.1, 0.15) is 46.2 Å². The van der Waals surface area contributed by atoms with Gasteiger partial charge in [-0.2, -0.15) is 0 Å².